The molecule has 4 heteroatoms. The van der Waals surface area contributed by atoms with Crippen LogP contribution in [0.15, 0.2) is 20.0 Å². The van der Waals surface area contributed by atoms with Gasteiger partial charge in [0.25, 0.3) is 0 Å². The first-order chi connectivity index (χ1) is 5.80. The van der Waals surface area contributed by atoms with Crippen LogP contribution in [0, 0.1) is 0 Å². The average Bonchev–Trinajstić information content (AvgIpc) is 2.08. The molecule has 0 aromatic heterocycles. The van der Waals surface area contributed by atoms with Crippen LogP contribution in [0.4, 0.5) is 0 Å². The largest absolute Gasteiger partial charge is 0.135 e. The fraction of sp³-hybridized carbons (Fsp3) is 0.500. The third-order valence-corrected chi connectivity index (χ3v) is 4.95. The van der Waals surface area contributed by atoms with Gasteiger partial charge in [-0.05, 0) is 30.4 Å². The molecule has 0 aromatic rings. The van der Waals surface area contributed by atoms with Crippen molar-refractivity contribution in [3.63, 3.8) is 0 Å². The Labute approximate surface area is 93.5 Å². The van der Waals surface area contributed by atoms with Crippen molar-refractivity contribution >= 4 is 48.8 Å². The van der Waals surface area contributed by atoms with Gasteiger partial charge in [-0.3, -0.25) is 0 Å². The minimum absolute atomic E-state index is 1.02. The highest BCUT2D eigenvalue weighted by Gasteiger charge is 2.00. The summed E-state index contributed by atoms with van der Waals surface area (Å²) in [6.07, 6.45) is 5.95. The maximum Gasteiger partial charge on any atom is 0.0611 e. The molecule has 0 unspecified atom stereocenters. The third kappa shape index (κ3) is 4.21. The topological polar surface area (TPSA) is 0 Å². The highest BCUT2D eigenvalue weighted by Crippen LogP contribution is 2.34. The van der Waals surface area contributed by atoms with E-state index in [0.29, 0.717) is 0 Å². The van der Waals surface area contributed by atoms with Crippen LogP contribution in [-0.4, -0.2) is 5.75 Å². The van der Waals surface area contributed by atoms with E-state index in [1.54, 1.807) is 23.5 Å². The lowest BCUT2D eigenvalue weighted by Crippen LogP contribution is -1.81. The summed E-state index contributed by atoms with van der Waals surface area (Å²) in [5.74, 6) is 1.16. The molecule has 0 aliphatic carbocycles. The average molecular weight is 236 g/mol. The maximum atomic E-state index is 4.37. The molecule has 12 heavy (non-hydrogen) atoms. The molecule has 0 radical (unpaired) electrons. The lowest BCUT2D eigenvalue weighted by molar-refractivity contribution is 0.824. The fourth-order valence-corrected chi connectivity index (χ4v) is 3.08. The van der Waals surface area contributed by atoms with Crippen molar-refractivity contribution in [3.8, 4) is 0 Å². The van der Waals surface area contributed by atoms with Crippen molar-refractivity contribution in [3.05, 3.63) is 20.0 Å². The van der Waals surface area contributed by atoms with E-state index < -0.39 is 0 Å². The smallest absolute Gasteiger partial charge is 0.0611 e. The molecule has 0 atom stereocenters. The zero-order valence-corrected chi connectivity index (χ0v) is 10.1. The van der Waals surface area contributed by atoms with E-state index >= 15 is 0 Å². The van der Waals surface area contributed by atoms with Gasteiger partial charge < -0.3 is 0 Å². The number of thiol groups is 2. The second-order valence-corrected chi connectivity index (χ2v) is 5.97. The molecule has 1 heterocycles. The first-order valence-corrected chi connectivity index (χ1v) is 6.63. The van der Waals surface area contributed by atoms with Gasteiger partial charge in [-0.15, -0.1) is 37.0 Å². The van der Waals surface area contributed by atoms with Crippen molar-refractivity contribution in [2.45, 2.75) is 19.3 Å². The molecule has 0 saturated heterocycles. The fourth-order valence-electron chi connectivity index (χ4n) is 0.826. The molecule has 1 aliphatic heterocycles. The predicted molar refractivity (Wildman–Crippen MR) is 68.0 cm³/mol. The summed E-state index contributed by atoms with van der Waals surface area (Å²) < 4.78 is 2.07. The molecule has 0 amide bonds. The molecular formula is C8H12S4. The maximum absolute atomic E-state index is 4.37. The van der Waals surface area contributed by atoms with E-state index in [1.165, 1.54) is 19.3 Å². The first-order valence-electron chi connectivity index (χ1n) is 3.87. The Bertz CT molecular complexity index is 195. The van der Waals surface area contributed by atoms with Gasteiger partial charge in [0.05, 0.1) is 8.47 Å². The van der Waals surface area contributed by atoms with E-state index in [-0.39, 0.29) is 0 Å². The number of rotatable bonds is 0. The predicted octanol–water partition coefficient (Wildman–Crippen LogP) is 4.14. The minimum atomic E-state index is 1.02. The summed E-state index contributed by atoms with van der Waals surface area (Å²) >= 11 is 12.2. The quantitative estimate of drug-likeness (QED) is 0.607. The third-order valence-electron chi connectivity index (χ3n) is 1.46. The molecule has 0 saturated carbocycles. The summed E-state index contributed by atoms with van der Waals surface area (Å²) in [6.45, 7) is 0. The second-order valence-electron chi connectivity index (χ2n) is 2.44. The molecule has 1 aliphatic rings. The molecule has 0 nitrogen and oxygen atoms in total. The Morgan fingerprint density at radius 2 is 2.00 bits per heavy atom. The van der Waals surface area contributed by atoms with Crippen LogP contribution in [0.5, 0.6) is 0 Å². The van der Waals surface area contributed by atoms with Gasteiger partial charge in [0.2, 0.25) is 0 Å². The Kier molecular flexibility index (Phi) is 5.80. The van der Waals surface area contributed by atoms with Gasteiger partial charge in [0, 0.05) is 0 Å². The molecular weight excluding hydrogens is 224 g/mol. The van der Waals surface area contributed by atoms with Gasteiger partial charge in [0.1, 0.15) is 0 Å². The van der Waals surface area contributed by atoms with Crippen molar-refractivity contribution < 1.29 is 0 Å². The standard InChI is InChI=1S/C8H12S4/c9-7-8(10)12-6-4-2-1-3-5-11-7/h3,5,9-10H,1-2,4,6H2/b5-3-,8-7-. The number of thioether (sulfide) groups is 2. The molecule has 0 aromatic carbocycles. The van der Waals surface area contributed by atoms with Crippen LogP contribution in [0.3, 0.4) is 0 Å². The van der Waals surface area contributed by atoms with Crippen LogP contribution in [0.25, 0.3) is 0 Å². The summed E-state index contributed by atoms with van der Waals surface area (Å²) in [5.41, 5.74) is 0. The Hall–Kier alpha value is 0.880. The van der Waals surface area contributed by atoms with E-state index in [2.05, 4.69) is 36.7 Å². The Balaban J connectivity index is 2.54. The van der Waals surface area contributed by atoms with Crippen molar-refractivity contribution in [1.82, 2.24) is 0 Å². The summed E-state index contributed by atoms with van der Waals surface area (Å²) in [7, 11) is 0. The van der Waals surface area contributed by atoms with Gasteiger partial charge in [-0.2, -0.15) is 0 Å². The van der Waals surface area contributed by atoms with Crippen molar-refractivity contribution in [1.29, 1.82) is 0 Å². The van der Waals surface area contributed by atoms with Crippen LogP contribution < -0.4 is 0 Å². The van der Waals surface area contributed by atoms with Crippen LogP contribution in [0.2, 0.25) is 0 Å². The number of hydrogen-bond donors (Lipinski definition) is 2. The van der Waals surface area contributed by atoms with E-state index in [4.69, 9.17) is 0 Å². The normalized spacial score (nSPS) is 29.8. The highest BCUT2D eigenvalue weighted by atomic mass is 32.2. The summed E-state index contributed by atoms with van der Waals surface area (Å²) in [4.78, 5) is 0. The second kappa shape index (κ2) is 6.35. The lowest BCUT2D eigenvalue weighted by Gasteiger charge is -2.05. The van der Waals surface area contributed by atoms with Crippen molar-refractivity contribution in [2.75, 3.05) is 5.75 Å². The van der Waals surface area contributed by atoms with Crippen LogP contribution >= 0.6 is 48.8 Å². The SMILES string of the molecule is S/C1=C(\S)SCCCC/C=C\S1. The monoisotopic (exact) mass is 236 g/mol. The van der Waals surface area contributed by atoms with Gasteiger partial charge in [0.15, 0.2) is 0 Å². The minimum Gasteiger partial charge on any atom is -0.135 e. The van der Waals surface area contributed by atoms with E-state index in [1.807, 2.05) is 0 Å². The van der Waals surface area contributed by atoms with Crippen LogP contribution in [0.1, 0.15) is 19.3 Å². The zero-order valence-electron chi connectivity index (χ0n) is 6.69. The highest BCUT2D eigenvalue weighted by molar-refractivity contribution is 8.22. The molecule has 0 fully saturated rings. The summed E-state index contributed by atoms with van der Waals surface area (Å²) in [6, 6.07) is 0. The zero-order chi connectivity index (χ0) is 8.81. The number of hydrogen-bond acceptors (Lipinski definition) is 4. The van der Waals surface area contributed by atoms with Gasteiger partial charge in [-0.25, -0.2) is 0 Å². The summed E-state index contributed by atoms with van der Waals surface area (Å²) in [5, 5.41) is 2.10. The molecule has 1 rings (SSSR count). The van der Waals surface area contributed by atoms with E-state index in [0.717, 1.165) is 14.2 Å². The lowest BCUT2D eigenvalue weighted by atomic mass is 10.2. The Morgan fingerprint density at radius 1 is 1.17 bits per heavy atom. The van der Waals surface area contributed by atoms with Gasteiger partial charge in [-0.1, -0.05) is 17.8 Å². The number of allylic oxidation sites excluding steroid dienone is 1. The first kappa shape index (κ1) is 11.0. The molecule has 0 N–H and O–H groups in total. The Morgan fingerprint density at radius 3 is 2.83 bits per heavy atom. The van der Waals surface area contributed by atoms with Gasteiger partial charge >= 0.3 is 0 Å². The van der Waals surface area contributed by atoms with E-state index in [9.17, 15) is 0 Å². The van der Waals surface area contributed by atoms with Crippen LogP contribution in [-0.2, 0) is 0 Å². The molecule has 68 valence electrons. The molecule has 0 bridgehead atoms. The van der Waals surface area contributed by atoms with Crippen molar-refractivity contribution in [2.24, 2.45) is 0 Å². The molecule has 0 spiro atoms.